The van der Waals surface area contributed by atoms with E-state index >= 15 is 0 Å². The lowest BCUT2D eigenvalue weighted by atomic mass is 10.2. The molecule has 94 valence electrons. The maximum absolute atomic E-state index is 13.6. The van der Waals surface area contributed by atoms with Gasteiger partial charge in [0.05, 0.1) is 19.0 Å². The van der Waals surface area contributed by atoms with Crippen LogP contribution in [0.5, 0.6) is 11.5 Å². The van der Waals surface area contributed by atoms with Crippen molar-refractivity contribution >= 4 is 19.7 Å². The summed E-state index contributed by atoms with van der Waals surface area (Å²) in [6.45, 7) is 0.778. The fourth-order valence-electron chi connectivity index (χ4n) is 1.57. The van der Waals surface area contributed by atoms with Crippen LogP contribution in [-0.2, 0) is 14.8 Å². The zero-order valence-corrected chi connectivity index (χ0v) is 10.4. The van der Waals surface area contributed by atoms with Crippen molar-refractivity contribution in [3.8, 4) is 11.5 Å². The van der Waals surface area contributed by atoms with Crippen molar-refractivity contribution in [1.82, 2.24) is 0 Å². The third-order valence-corrected chi connectivity index (χ3v) is 3.21. The Labute approximate surface area is 103 Å². The first-order valence-corrected chi connectivity index (χ1v) is 7.44. The van der Waals surface area contributed by atoms with Crippen LogP contribution in [-0.4, -0.2) is 21.6 Å². The molecule has 0 atom stereocenters. The fraction of sp³-hybridized carbons (Fsp3) is 0.400. The molecule has 1 aliphatic heterocycles. The van der Waals surface area contributed by atoms with Crippen molar-refractivity contribution in [2.75, 3.05) is 13.2 Å². The van der Waals surface area contributed by atoms with E-state index in [1.165, 1.54) is 6.07 Å². The van der Waals surface area contributed by atoms with Gasteiger partial charge in [-0.3, -0.25) is 0 Å². The molecule has 1 aliphatic rings. The van der Waals surface area contributed by atoms with Gasteiger partial charge in [0.2, 0.25) is 9.05 Å². The first kappa shape index (κ1) is 12.4. The van der Waals surface area contributed by atoms with Gasteiger partial charge in [0.1, 0.15) is 0 Å². The summed E-state index contributed by atoms with van der Waals surface area (Å²) in [7, 11) is 1.39. The Morgan fingerprint density at radius 1 is 1.29 bits per heavy atom. The molecule has 0 N–H and O–H groups in total. The normalized spacial score (nSPS) is 15.4. The maximum Gasteiger partial charge on any atom is 0.236 e. The van der Waals surface area contributed by atoms with Crippen molar-refractivity contribution in [2.45, 2.75) is 12.2 Å². The molecule has 0 aromatic heterocycles. The largest absolute Gasteiger partial charge is 0.489 e. The second-order valence-electron chi connectivity index (χ2n) is 3.64. The van der Waals surface area contributed by atoms with Crippen molar-refractivity contribution in [3.05, 3.63) is 23.5 Å². The number of hydrogen-bond acceptors (Lipinski definition) is 4. The standard InChI is InChI=1S/C10H10ClFO4S/c11-17(13,14)6-7-4-8(12)10-9(5-7)15-2-1-3-16-10/h4-5H,1-3,6H2. The smallest absolute Gasteiger partial charge is 0.236 e. The van der Waals surface area contributed by atoms with Crippen LogP contribution in [0, 0.1) is 5.82 Å². The Kier molecular flexibility index (Phi) is 3.44. The summed E-state index contributed by atoms with van der Waals surface area (Å²) in [6, 6.07) is 2.52. The average molecular weight is 281 g/mol. The Balaban J connectivity index is 2.39. The van der Waals surface area contributed by atoms with Gasteiger partial charge in [-0.25, -0.2) is 12.8 Å². The number of halogens is 2. The van der Waals surface area contributed by atoms with Gasteiger partial charge >= 0.3 is 0 Å². The van der Waals surface area contributed by atoms with Crippen LogP contribution in [0.15, 0.2) is 12.1 Å². The van der Waals surface area contributed by atoms with Crippen LogP contribution in [0.25, 0.3) is 0 Å². The highest BCUT2D eigenvalue weighted by molar-refractivity contribution is 8.13. The van der Waals surface area contributed by atoms with E-state index in [1.54, 1.807) is 0 Å². The highest BCUT2D eigenvalue weighted by atomic mass is 35.7. The monoisotopic (exact) mass is 280 g/mol. The third-order valence-electron chi connectivity index (χ3n) is 2.20. The van der Waals surface area contributed by atoms with Crippen molar-refractivity contribution in [1.29, 1.82) is 0 Å². The molecule has 17 heavy (non-hydrogen) atoms. The SMILES string of the molecule is O=S(=O)(Cl)Cc1cc(F)c2c(c1)OCCCO2. The van der Waals surface area contributed by atoms with Gasteiger partial charge in [-0.05, 0) is 17.7 Å². The van der Waals surface area contributed by atoms with E-state index in [2.05, 4.69) is 0 Å². The third kappa shape index (κ3) is 3.23. The van der Waals surface area contributed by atoms with Gasteiger partial charge in [-0.1, -0.05) is 0 Å². The van der Waals surface area contributed by atoms with E-state index < -0.39 is 20.6 Å². The lowest BCUT2D eigenvalue weighted by molar-refractivity contribution is 0.292. The Morgan fingerprint density at radius 2 is 2.00 bits per heavy atom. The molecule has 0 aliphatic carbocycles. The van der Waals surface area contributed by atoms with E-state index in [1.807, 2.05) is 0 Å². The molecule has 0 unspecified atom stereocenters. The average Bonchev–Trinajstić information content (AvgIpc) is 2.40. The molecule has 1 aromatic carbocycles. The minimum absolute atomic E-state index is 0.0261. The number of rotatable bonds is 2. The van der Waals surface area contributed by atoms with E-state index in [-0.39, 0.29) is 17.1 Å². The summed E-state index contributed by atoms with van der Waals surface area (Å²) in [5.41, 5.74) is 0.238. The molecule has 1 heterocycles. The first-order valence-electron chi connectivity index (χ1n) is 4.96. The Bertz CT molecular complexity index is 529. The number of benzene rings is 1. The summed E-state index contributed by atoms with van der Waals surface area (Å²) in [5.74, 6) is -0.835. The molecule has 0 radical (unpaired) electrons. The molecule has 0 amide bonds. The van der Waals surface area contributed by atoms with Crippen molar-refractivity contribution < 1.29 is 22.3 Å². The molecular formula is C10H10ClFO4S. The predicted octanol–water partition coefficient (Wildman–Crippen LogP) is 2.06. The topological polar surface area (TPSA) is 52.6 Å². The molecule has 0 bridgehead atoms. The summed E-state index contributed by atoms with van der Waals surface area (Å²) in [5, 5.41) is 0. The lowest BCUT2D eigenvalue weighted by Crippen LogP contribution is -1.99. The summed E-state index contributed by atoms with van der Waals surface area (Å²) < 4.78 is 45.9. The highest BCUT2D eigenvalue weighted by Gasteiger charge is 2.18. The summed E-state index contributed by atoms with van der Waals surface area (Å²) in [4.78, 5) is 0. The van der Waals surface area contributed by atoms with E-state index in [0.717, 1.165) is 6.07 Å². The fourth-order valence-corrected chi connectivity index (χ4v) is 2.51. The molecule has 0 saturated heterocycles. The van der Waals surface area contributed by atoms with E-state index in [0.29, 0.717) is 19.6 Å². The van der Waals surface area contributed by atoms with Gasteiger partial charge in [-0.15, -0.1) is 0 Å². The van der Waals surface area contributed by atoms with Crippen LogP contribution >= 0.6 is 10.7 Å². The van der Waals surface area contributed by atoms with Crippen LogP contribution in [0.3, 0.4) is 0 Å². The minimum Gasteiger partial charge on any atom is -0.489 e. The van der Waals surface area contributed by atoms with E-state index in [9.17, 15) is 12.8 Å². The van der Waals surface area contributed by atoms with Gasteiger partial charge < -0.3 is 9.47 Å². The number of hydrogen-bond donors (Lipinski definition) is 0. The molecule has 0 fully saturated rings. The van der Waals surface area contributed by atoms with Gasteiger partial charge in [0.25, 0.3) is 0 Å². The molecule has 0 saturated carbocycles. The molecule has 1 aromatic rings. The van der Waals surface area contributed by atoms with Crippen molar-refractivity contribution in [2.24, 2.45) is 0 Å². The lowest BCUT2D eigenvalue weighted by Gasteiger charge is -2.09. The minimum atomic E-state index is -3.72. The molecule has 4 nitrogen and oxygen atoms in total. The van der Waals surface area contributed by atoms with Crippen LogP contribution in [0.4, 0.5) is 4.39 Å². The Morgan fingerprint density at radius 3 is 2.71 bits per heavy atom. The first-order chi connectivity index (χ1) is 7.96. The summed E-state index contributed by atoms with van der Waals surface area (Å²) in [6.07, 6.45) is 0.650. The number of ether oxygens (including phenoxy) is 2. The van der Waals surface area contributed by atoms with Crippen molar-refractivity contribution in [3.63, 3.8) is 0 Å². The maximum atomic E-state index is 13.6. The van der Waals surface area contributed by atoms with Gasteiger partial charge in [0, 0.05) is 17.1 Å². The molecule has 0 spiro atoms. The van der Waals surface area contributed by atoms with E-state index in [4.69, 9.17) is 20.2 Å². The molecule has 2 rings (SSSR count). The highest BCUT2D eigenvalue weighted by Crippen LogP contribution is 2.34. The zero-order chi connectivity index (χ0) is 12.5. The van der Waals surface area contributed by atoms with Crippen LogP contribution in [0.1, 0.15) is 12.0 Å². The van der Waals surface area contributed by atoms with Crippen LogP contribution in [0.2, 0.25) is 0 Å². The quantitative estimate of drug-likeness (QED) is 0.778. The molecular weight excluding hydrogens is 271 g/mol. The van der Waals surface area contributed by atoms with Gasteiger partial charge in [0.15, 0.2) is 17.3 Å². The second-order valence-corrected chi connectivity index (χ2v) is 6.42. The zero-order valence-electron chi connectivity index (χ0n) is 8.78. The van der Waals surface area contributed by atoms with Crippen LogP contribution < -0.4 is 9.47 Å². The Hall–Kier alpha value is -1.01. The summed E-state index contributed by atoms with van der Waals surface area (Å²) >= 11 is 0. The predicted molar refractivity (Wildman–Crippen MR) is 60.5 cm³/mol. The number of fused-ring (bicyclic) bond motifs is 1. The molecule has 7 heteroatoms. The second kappa shape index (κ2) is 4.70. The van der Waals surface area contributed by atoms with Gasteiger partial charge in [-0.2, -0.15) is 0 Å².